The number of allylic oxidation sites excluding steroid dienone is 2. The van der Waals surface area contributed by atoms with Gasteiger partial charge in [-0.2, -0.15) is 0 Å². The van der Waals surface area contributed by atoms with Crippen molar-refractivity contribution in [2.45, 2.75) is 31.6 Å². The molecular weight excluding hydrogens is 301 g/mol. The molecule has 1 unspecified atom stereocenters. The lowest BCUT2D eigenvalue weighted by Crippen LogP contribution is -2.06. The van der Waals surface area contributed by atoms with Crippen LogP contribution in [0.5, 0.6) is 0 Å². The Morgan fingerprint density at radius 3 is 2.62 bits per heavy atom. The maximum atomic E-state index is 6.22. The molecular formula is C18H17Cl2N. The van der Waals surface area contributed by atoms with Crippen LogP contribution in [-0.4, -0.2) is 4.98 Å². The molecule has 1 aliphatic rings. The highest BCUT2D eigenvalue weighted by Crippen LogP contribution is 2.34. The zero-order valence-electron chi connectivity index (χ0n) is 11.7. The Morgan fingerprint density at radius 1 is 1.10 bits per heavy atom. The van der Waals surface area contributed by atoms with Crippen molar-refractivity contribution in [1.82, 2.24) is 4.98 Å². The number of aromatic nitrogens is 1. The zero-order chi connectivity index (χ0) is 14.7. The van der Waals surface area contributed by atoms with E-state index in [1.807, 2.05) is 6.07 Å². The lowest BCUT2D eigenvalue weighted by Gasteiger charge is -2.22. The van der Waals surface area contributed by atoms with E-state index in [2.05, 4.69) is 41.4 Å². The Morgan fingerprint density at radius 2 is 1.90 bits per heavy atom. The first-order chi connectivity index (χ1) is 10.2. The third-order valence-corrected chi connectivity index (χ3v) is 4.93. The SMILES string of the molecule is Clc1nccc(CC2=CCC(c3ccccc3)CC2)c1Cl. The van der Waals surface area contributed by atoms with Crippen LogP contribution in [0.2, 0.25) is 10.2 Å². The average molecular weight is 318 g/mol. The van der Waals surface area contributed by atoms with Crippen molar-refractivity contribution in [3.63, 3.8) is 0 Å². The molecule has 21 heavy (non-hydrogen) atoms. The molecule has 0 saturated carbocycles. The quantitative estimate of drug-likeness (QED) is 0.513. The first-order valence-corrected chi connectivity index (χ1v) is 8.01. The summed E-state index contributed by atoms with van der Waals surface area (Å²) in [6, 6.07) is 12.7. The van der Waals surface area contributed by atoms with Crippen LogP contribution in [0, 0.1) is 0 Å². The predicted molar refractivity (Wildman–Crippen MR) is 89.1 cm³/mol. The fraction of sp³-hybridized carbons (Fsp3) is 0.278. The van der Waals surface area contributed by atoms with Gasteiger partial charge < -0.3 is 0 Å². The average Bonchev–Trinajstić information content (AvgIpc) is 2.53. The Hall–Kier alpha value is -1.31. The van der Waals surface area contributed by atoms with Crippen molar-refractivity contribution in [2.75, 3.05) is 0 Å². The molecule has 1 heterocycles. The summed E-state index contributed by atoms with van der Waals surface area (Å²) in [5, 5.41) is 0.984. The molecule has 0 spiro atoms. The van der Waals surface area contributed by atoms with Gasteiger partial charge in [0, 0.05) is 6.20 Å². The summed E-state index contributed by atoms with van der Waals surface area (Å²) in [7, 11) is 0. The standard InChI is InChI=1S/C18H17Cl2N/c19-17-16(10-11-21-18(17)20)12-13-6-8-15(9-7-13)14-4-2-1-3-5-14/h1-6,10-11,15H,7-9,12H2. The highest BCUT2D eigenvalue weighted by atomic mass is 35.5. The monoisotopic (exact) mass is 317 g/mol. The van der Waals surface area contributed by atoms with Gasteiger partial charge in [-0.15, -0.1) is 0 Å². The molecule has 1 aromatic carbocycles. The number of rotatable bonds is 3. The van der Waals surface area contributed by atoms with E-state index < -0.39 is 0 Å². The van der Waals surface area contributed by atoms with Crippen molar-refractivity contribution in [3.05, 3.63) is 75.5 Å². The highest BCUT2D eigenvalue weighted by molar-refractivity contribution is 6.41. The Labute approximate surface area is 135 Å². The topological polar surface area (TPSA) is 12.9 Å². The third kappa shape index (κ3) is 3.48. The summed E-state index contributed by atoms with van der Waals surface area (Å²) in [4.78, 5) is 4.00. The molecule has 1 atom stereocenters. The minimum Gasteiger partial charge on any atom is -0.243 e. The number of nitrogens with zero attached hydrogens (tertiary/aromatic N) is 1. The number of benzene rings is 1. The van der Waals surface area contributed by atoms with E-state index in [4.69, 9.17) is 23.2 Å². The largest absolute Gasteiger partial charge is 0.243 e. The van der Waals surface area contributed by atoms with E-state index in [9.17, 15) is 0 Å². The van der Waals surface area contributed by atoms with Gasteiger partial charge in [-0.3, -0.25) is 0 Å². The molecule has 0 saturated heterocycles. The van der Waals surface area contributed by atoms with Gasteiger partial charge in [-0.05, 0) is 48.8 Å². The van der Waals surface area contributed by atoms with Gasteiger partial charge in [0.15, 0.2) is 0 Å². The van der Waals surface area contributed by atoms with E-state index >= 15 is 0 Å². The molecule has 0 bridgehead atoms. The molecule has 0 radical (unpaired) electrons. The third-order valence-electron chi connectivity index (χ3n) is 4.12. The maximum absolute atomic E-state index is 6.22. The smallest absolute Gasteiger partial charge is 0.147 e. The lowest BCUT2D eigenvalue weighted by atomic mass is 9.83. The van der Waals surface area contributed by atoms with Crippen LogP contribution >= 0.6 is 23.2 Å². The Bertz CT molecular complexity index is 650. The molecule has 2 aromatic rings. The normalized spacial score (nSPS) is 18.4. The zero-order valence-corrected chi connectivity index (χ0v) is 13.2. The minimum atomic E-state index is 0.396. The predicted octanol–water partition coefficient (Wildman–Crippen LogP) is 5.83. The van der Waals surface area contributed by atoms with Gasteiger partial charge in [-0.25, -0.2) is 4.98 Å². The Balaban J connectivity index is 1.69. The van der Waals surface area contributed by atoms with E-state index in [1.165, 1.54) is 17.6 Å². The van der Waals surface area contributed by atoms with Crippen molar-refractivity contribution in [1.29, 1.82) is 0 Å². The van der Waals surface area contributed by atoms with Gasteiger partial charge in [0.1, 0.15) is 5.15 Å². The Kier molecular flexibility index (Phi) is 4.62. The molecule has 108 valence electrons. The highest BCUT2D eigenvalue weighted by Gasteiger charge is 2.17. The van der Waals surface area contributed by atoms with Gasteiger partial charge in [-0.1, -0.05) is 65.2 Å². The number of pyridine rings is 1. The van der Waals surface area contributed by atoms with Crippen LogP contribution in [0.25, 0.3) is 0 Å². The molecule has 3 heteroatoms. The minimum absolute atomic E-state index is 0.396. The molecule has 0 N–H and O–H groups in total. The fourth-order valence-electron chi connectivity index (χ4n) is 2.91. The van der Waals surface area contributed by atoms with E-state index in [0.717, 1.165) is 24.8 Å². The van der Waals surface area contributed by atoms with Gasteiger partial charge in [0.05, 0.1) is 5.02 Å². The first kappa shape index (κ1) is 14.6. The van der Waals surface area contributed by atoms with Crippen LogP contribution < -0.4 is 0 Å². The van der Waals surface area contributed by atoms with Crippen molar-refractivity contribution >= 4 is 23.2 Å². The van der Waals surface area contributed by atoms with E-state index in [1.54, 1.807) is 6.20 Å². The van der Waals surface area contributed by atoms with Gasteiger partial charge in [0.2, 0.25) is 0 Å². The molecule has 1 aliphatic carbocycles. The summed E-state index contributed by atoms with van der Waals surface area (Å²) in [5.41, 5.74) is 3.96. The van der Waals surface area contributed by atoms with Gasteiger partial charge in [0.25, 0.3) is 0 Å². The van der Waals surface area contributed by atoms with E-state index in [0.29, 0.717) is 16.1 Å². The number of hydrogen-bond donors (Lipinski definition) is 0. The fourth-order valence-corrected chi connectivity index (χ4v) is 3.27. The summed E-state index contributed by atoms with van der Waals surface area (Å²) < 4.78 is 0. The van der Waals surface area contributed by atoms with E-state index in [-0.39, 0.29) is 0 Å². The van der Waals surface area contributed by atoms with Gasteiger partial charge >= 0.3 is 0 Å². The first-order valence-electron chi connectivity index (χ1n) is 7.26. The maximum Gasteiger partial charge on any atom is 0.147 e. The molecule has 0 aliphatic heterocycles. The summed E-state index contributed by atoms with van der Waals surface area (Å²) in [6.07, 6.45) is 8.39. The van der Waals surface area contributed by atoms with Crippen LogP contribution in [0.15, 0.2) is 54.2 Å². The lowest BCUT2D eigenvalue weighted by molar-refractivity contribution is 0.592. The second-order valence-corrected chi connectivity index (χ2v) is 6.23. The summed E-state index contributed by atoms with van der Waals surface area (Å²) in [6.45, 7) is 0. The van der Waals surface area contributed by atoms with Crippen molar-refractivity contribution in [2.24, 2.45) is 0 Å². The van der Waals surface area contributed by atoms with Crippen LogP contribution in [0.3, 0.4) is 0 Å². The molecule has 1 aromatic heterocycles. The number of hydrogen-bond acceptors (Lipinski definition) is 1. The summed E-state index contributed by atoms with van der Waals surface area (Å²) >= 11 is 12.2. The second kappa shape index (κ2) is 6.64. The number of halogens is 2. The second-order valence-electron chi connectivity index (χ2n) is 5.50. The van der Waals surface area contributed by atoms with Crippen LogP contribution in [-0.2, 0) is 6.42 Å². The molecule has 0 amide bonds. The molecule has 0 fully saturated rings. The van der Waals surface area contributed by atoms with Crippen LogP contribution in [0.4, 0.5) is 0 Å². The van der Waals surface area contributed by atoms with Crippen molar-refractivity contribution in [3.8, 4) is 0 Å². The van der Waals surface area contributed by atoms with Crippen molar-refractivity contribution < 1.29 is 0 Å². The molecule has 1 nitrogen and oxygen atoms in total. The molecule has 3 rings (SSSR count). The van der Waals surface area contributed by atoms with Crippen LogP contribution in [0.1, 0.15) is 36.3 Å². The summed E-state index contributed by atoms with van der Waals surface area (Å²) in [5.74, 6) is 0.645.